The minimum atomic E-state index is -0.228. The first-order valence-electron chi connectivity index (χ1n) is 7.69. The van der Waals surface area contributed by atoms with Crippen LogP contribution in [0.1, 0.15) is 44.9 Å². The molecule has 118 valence electrons. The summed E-state index contributed by atoms with van der Waals surface area (Å²) in [6.45, 7) is 2.64. The van der Waals surface area contributed by atoms with Crippen molar-refractivity contribution in [3.63, 3.8) is 0 Å². The molecule has 2 aromatic heterocycles. The zero-order valence-electron chi connectivity index (χ0n) is 12.8. The van der Waals surface area contributed by atoms with Gasteiger partial charge in [-0.1, -0.05) is 37.4 Å². The van der Waals surface area contributed by atoms with E-state index >= 15 is 0 Å². The highest BCUT2D eigenvalue weighted by atomic mass is 16.5. The molecule has 0 radical (unpaired) electrons. The molecule has 6 heteroatoms. The fourth-order valence-corrected chi connectivity index (χ4v) is 1.95. The van der Waals surface area contributed by atoms with Gasteiger partial charge in [0.25, 0.3) is 0 Å². The number of pyridine rings is 1. The third-order valence-electron chi connectivity index (χ3n) is 3.17. The number of carbonyl (C=O) groups is 1. The quantitative estimate of drug-likeness (QED) is 0.523. The lowest BCUT2D eigenvalue weighted by Crippen LogP contribution is -2.07. The number of ether oxygens (including phenoxy) is 1. The van der Waals surface area contributed by atoms with Crippen LogP contribution >= 0.6 is 0 Å². The first kappa shape index (κ1) is 16.1. The largest absolute Gasteiger partial charge is 0.466 e. The molecule has 0 N–H and O–H groups in total. The molecular formula is C16H21N3O3. The molecule has 2 heterocycles. The van der Waals surface area contributed by atoms with E-state index in [1.54, 1.807) is 12.3 Å². The molecule has 0 saturated heterocycles. The van der Waals surface area contributed by atoms with Gasteiger partial charge in [-0.2, -0.15) is 4.98 Å². The highest BCUT2D eigenvalue weighted by Gasteiger charge is 2.11. The van der Waals surface area contributed by atoms with Gasteiger partial charge in [0.15, 0.2) is 0 Å². The Labute approximate surface area is 129 Å². The number of unbranched alkanes of at least 4 members (excludes halogenated alkanes) is 3. The maximum atomic E-state index is 11.6. The van der Waals surface area contributed by atoms with E-state index in [2.05, 4.69) is 22.0 Å². The lowest BCUT2D eigenvalue weighted by atomic mass is 10.2. The van der Waals surface area contributed by atoms with Gasteiger partial charge in [0, 0.05) is 12.6 Å². The van der Waals surface area contributed by atoms with Crippen LogP contribution in [-0.2, 0) is 16.0 Å². The number of aryl methyl sites for hydroxylation is 1. The summed E-state index contributed by atoms with van der Waals surface area (Å²) in [5.41, 5.74) is 0.649. The SMILES string of the molecule is CCCCCCOC(=O)CCc1nc(-c2ccccn2)no1. The number of hydrogen-bond acceptors (Lipinski definition) is 6. The van der Waals surface area contributed by atoms with E-state index in [-0.39, 0.29) is 12.4 Å². The van der Waals surface area contributed by atoms with Crippen molar-refractivity contribution in [1.82, 2.24) is 15.1 Å². The molecule has 0 atom stereocenters. The van der Waals surface area contributed by atoms with Crippen LogP contribution < -0.4 is 0 Å². The average Bonchev–Trinajstić information content (AvgIpc) is 3.02. The Kier molecular flexibility index (Phi) is 6.54. The minimum absolute atomic E-state index is 0.228. The minimum Gasteiger partial charge on any atom is -0.466 e. The van der Waals surface area contributed by atoms with Crippen molar-refractivity contribution in [3.8, 4) is 11.5 Å². The molecule has 0 amide bonds. The molecule has 0 bridgehead atoms. The van der Waals surface area contributed by atoms with Gasteiger partial charge in [-0.3, -0.25) is 9.78 Å². The van der Waals surface area contributed by atoms with E-state index < -0.39 is 0 Å². The summed E-state index contributed by atoms with van der Waals surface area (Å²) in [6, 6.07) is 5.48. The Morgan fingerprint density at radius 3 is 2.95 bits per heavy atom. The summed E-state index contributed by atoms with van der Waals surface area (Å²) in [5, 5.41) is 3.86. The summed E-state index contributed by atoms with van der Waals surface area (Å²) in [6.07, 6.45) is 6.66. The highest BCUT2D eigenvalue weighted by molar-refractivity contribution is 5.69. The lowest BCUT2D eigenvalue weighted by Gasteiger charge is -2.03. The van der Waals surface area contributed by atoms with Crippen LogP contribution in [0.15, 0.2) is 28.9 Å². The van der Waals surface area contributed by atoms with Crippen LogP contribution in [-0.4, -0.2) is 27.7 Å². The third-order valence-corrected chi connectivity index (χ3v) is 3.17. The molecule has 0 aromatic carbocycles. The van der Waals surface area contributed by atoms with Crippen molar-refractivity contribution in [2.45, 2.75) is 45.4 Å². The second kappa shape index (κ2) is 8.92. The van der Waals surface area contributed by atoms with E-state index in [0.717, 1.165) is 12.8 Å². The number of rotatable bonds is 9. The molecule has 0 spiro atoms. The van der Waals surface area contributed by atoms with Crippen LogP contribution in [0.2, 0.25) is 0 Å². The normalized spacial score (nSPS) is 10.6. The van der Waals surface area contributed by atoms with Gasteiger partial charge in [0.1, 0.15) is 5.69 Å². The Bertz CT molecular complexity index is 569. The first-order chi connectivity index (χ1) is 10.8. The number of hydrogen-bond donors (Lipinski definition) is 0. The molecule has 22 heavy (non-hydrogen) atoms. The summed E-state index contributed by atoms with van der Waals surface area (Å²) in [7, 11) is 0. The van der Waals surface area contributed by atoms with Crippen LogP contribution in [0.5, 0.6) is 0 Å². The number of aromatic nitrogens is 3. The van der Waals surface area contributed by atoms with Gasteiger partial charge in [0.2, 0.25) is 11.7 Å². The summed E-state index contributed by atoms with van der Waals surface area (Å²) < 4.78 is 10.3. The van der Waals surface area contributed by atoms with Crippen LogP contribution in [0.25, 0.3) is 11.5 Å². The van der Waals surface area contributed by atoms with Gasteiger partial charge in [-0.25, -0.2) is 0 Å². The Morgan fingerprint density at radius 1 is 1.27 bits per heavy atom. The molecule has 0 aliphatic rings. The molecule has 2 rings (SSSR count). The van der Waals surface area contributed by atoms with Gasteiger partial charge in [-0.05, 0) is 18.6 Å². The molecular weight excluding hydrogens is 282 g/mol. The van der Waals surface area contributed by atoms with E-state index in [0.29, 0.717) is 30.4 Å². The number of nitrogens with zero attached hydrogens (tertiary/aromatic N) is 3. The van der Waals surface area contributed by atoms with Gasteiger partial charge in [0.05, 0.1) is 13.0 Å². The standard InChI is InChI=1S/C16H21N3O3/c1-2-3-4-7-12-21-15(20)10-9-14-18-16(19-22-14)13-8-5-6-11-17-13/h5-6,8,11H,2-4,7,9-10,12H2,1H3. The first-order valence-corrected chi connectivity index (χ1v) is 7.69. The van der Waals surface area contributed by atoms with E-state index in [9.17, 15) is 4.79 Å². The molecule has 2 aromatic rings. The second-order valence-electron chi connectivity index (χ2n) is 5.01. The predicted octanol–water partition coefficient (Wildman–Crippen LogP) is 3.19. The van der Waals surface area contributed by atoms with E-state index in [1.165, 1.54) is 12.8 Å². The average molecular weight is 303 g/mol. The summed E-state index contributed by atoms with van der Waals surface area (Å²) in [4.78, 5) is 20.0. The molecule has 0 aliphatic carbocycles. The van der Waals surface area contributed by atoms with Crippen molar-refractivity contribution in [3.05, 3.63) is 30.3 Å². The molecule has 0 fully saturated rings. The van der Waals surface area contributed by atoms with Crippen LogP contribution in [0, 0.1) is 0 Å². The van der Waals surface area contributed by atoms with Gasteiger partial charge >= 0.3 is 5.97 Å². The topological polar surface area (TPSA) is 78.1 Å². The fourth-order valence-electron chi connectivity index (χ4n) is 1.95. The van der Waals surface area contributed by atoms with E-state index in [1.807, 2.05) is 12.1 Å². The van der Waals surface area contributed by atoms with Gasteiger partial charge < -0.3 is 9.26 Å². The highest BCUT2D eigenvalue weighted by Crippen LogP contribution is 2.12. The van der Waals surface area contributed by atoms with Crippen LogP contribution in [0.3, 0.4) is 0 Å². The number of esters is 1. The number of carbonyl (C=O) groups excluding carboxylic acids is 1. The zero-order valence-corrected chi connectivity index (χ0v) is 12.8. The molecule has 0 unspecified atom stereocenters. The predicted molar refractivity (Wildman–Crippen MR) is 81.0 cm³/mol. The Morgan fingerprint density at radius 2 is 2.18 bits per heavy atom. The lowest BCUT2D eigenvalue weighted by molar-refractivity contribution is -0.143. The smallest absolute Gasteiger partial charge is 0.306 e. The molecule has 0 aliphatic heterocycles. The third kappa shape index (κ3) is 5.27. The Balaban J connectivity index is 1.71. The van der Waals surface area contributed by atoms with Crippen LogP contribution in [0.4, 0.5) is 0 Å². The maximum Gasteiger partial charge on any atom is 0.306 e. The summed E-state index contributed by atoms with van der Waals surface area (Å²) in [5.74, 6) is 0.626. The van der Waals surface area contributed by atoms with Crippen molar-refractivity contribution in [1.29, 1.82) is 0 Å². The zero-order chi connectivity index (χ0) is 15.6. The fraction of sp³-hybridized carbons (Fsp3) is 0.500. The van der Waals surface area contributed by atoms with Crippen molar-refractivity contribution >= 4 is 5.97 Å². The van der Waals surface area contributed by atoms with Gasteiger partial charge in [-0.15, -0.1) is 0 Å². The molecule has 0 saturated carbocycles. The van der Waals surface area contributed by atoms with Crippen molar-refractivity contribution in [2.75, 3.05) is 6.61 Å². The maximum absolute atomic E-state index is 11.6. The van der Waals surface area contributed by atoms with E-state index in [4.69, 9.17) is 9.26 Å². The monoisotopic (exact) mass is 303 g/mol. The van der Waals surface area contributed by atoms with Crippen molar-refractivity contribution < 1.29 is 14.1 Å². The molecule has 6 nitrogen and oxygen atoms in total. The summed E-state index contributed by atoms with van der Waals surface area (Å²) >= 11 is 0. The Hall–Kier alpha value is -2.24. The van der Waals surface area contributed by atoms with Crippen molar-refractivity contribution in [2.24, 2.45) is 0 Å². The second-order valence-corrected chi connectivity index (χ2v) is 5.01.